The second-order valence-electron chi connectivity index (χ2n) is 3.55. The van der Waals surface area contributed by atoms with E-state index in [1.54, 1.807) is 0 Å². The first kappa shape index (κ1) is 10.1. The van der Waals surface area contributed by atoms with Gasteiger partial charge in [-0.05, 0) is 50.7 Å². The molecule has 0 aromatic heterocycles. The third-order valence-electron chi connectivity index (χ3n) is 2.62. The van der Waals surface area contributed by atoms with Gasteiger partial charge in [-0.25, -0.2) is 0 Å². The van der Waals surface area contributed by atoms with Gasteiger partial charge in [0.25, 0.3) is 0 Å². The van der Waals surface area contributed by atoms with Crippen molar-refractivity contribution in [2.24, 2.45) is 5.92 Å². The molecule has 0 aromatic rings. The lowest BCUT2D eigenvalue weighted by atomic mass is 9.99. The van der Waals surface area contributed by atoms with Crippen molar-refractivity contribution in [3.05, 3.63) is 42.7 Å². The van der Waals surface area contributed by atoms with Crippen LogP contribution >= 0.6 is 0 Å². The van der Waals surface area contributed by atoms with Gasteiger partial charge in [0.15, 0.2) is 0 Å². The average molecular weight is 173 g/mol. The Hall–Kier alpha value is -1.00. The molecule has 1 radical (unpaired) electrons. The summed E-state index contributed by atoms with van der Waals surface area (Å²) in [6.07, 6.45) is 12.2. The molecule has 1 unspecified atom stereocenters. The normalized spacial score (nSPS) is 22.5. The molecule has 0 aromatic carbocycles. The van der Waals surface area contributed by atoms with Crippen LogP contribution in [-0.2, 0) is 0 Å². The Bertz CT molecular complexity index is 239. The zero-order valence-corrected chi connectivity index (χ0v) is 8.13. The van der Waals surface area contributed by atoms with E-state index in [2.05, 4.69) is 24.5 Å². The van der Waals surface area contributed by atoms with Crippen molar-refractivity contribution >= 4 is 0 Å². The molecule has 0 nitrogen and oxygen atoms in total. The minimum Gasteiger partial charge on any atom is -0.124 e. The molecule has 1 aliphatic rings. The molecule has 0 N–H and O–H groups in total. The van der Waals surface area contributed by atoms with Gasteiger partial charge in [0.05, 0.1) is 0 Å². The molecule has 0 heterocycles. The lowest BCUT2D eigenvalue weighted by Gasteiger charge is -2.06. The molecular weight excluding hydrogens is 156 g/mol. The molecule has 0 bridgehead atoms. The van der Waals surface area contributed by atoms with Gasteiger partial charge in [-0.2, -0.15) is 0 Å². The molecule has 0 fully saturated rings. The maximum atomic E-state index is 5.19. The van der Waals surface area contributed by atoms with Gasteiger partial charge in [-0.1, -0.05) is 17.7 Å². The molecule has 0 aliphatic heterocycles. The monoisotopic (exact) mass is 173 g/mol. The lowest BCUT2D eigenvalue weighted by molar-refractivity contribution is 0.565. The van der Waals surface area contributed by atoms with E-state index in [1.807, 2.05) is 6.08 Å². The molecule has 0 saturated heterocycles. The minimum atomic E-state index is 0.708. The van der Waals surface area contributed by atoms with E-state index in [9.17, 15) is 0 Å². The molecule has 0 saturated carbocycles. The van der Waals surface area contributed by atoms with Gasteiger partial charge in [0, 0.05) is 0 Å². The Labute approximate surface area is 81.4 Å². The van der Waals surface area contributed by atoms with Crippen LogP contribution in [0.2, 0.25) is 0 Å². The first-order chi connectivity index (χ1) is 6.36. The highest BCUT2D eigenvalue weighted by Crippen LogP contribution is 2.25. The van der Waals surface area contributed by atoms with Crippen molar-refractivity contribution < 1.29 is 0 Å². The predicted octanol–water partition coefficient (Wildman–Crippen LogP) is 3.82. The van der Waals surface area contributed by atoms with Crippen LogP contribution in [0.3, 0.4) is 0 Å². The van der Waals surface area contributed by atoms with Crippen LogP contribution in [0.1, 0.15) is 32.1 Å². The highest BCUT2D eigenvalue weighted by Gasteiger charge is 2.08. The Morgan fingerprint density at radius 1 is 1.62 bits per heavy atom. The average Bonchev–Trinajstić information content (AvgIpc) is 2.39. The largest absolute Gasteiger partial charge is 0.124 e. The second kappa shape index (κ2) is 5.61. The summed E-state index contributed by atoms with van der Waals surface area (Å²) in [5.41, 5.74) is 4.08. The van der Waals surface area contributed by atoms with E-state index in [1.165, 1.54) is 31.3 Å². The van der Waals surface area contributed by atoms with Crippen LogP contribution in [0, 0.1) is 12.5 Å². The highest BCUT2D eigenvalue weighted by molar-refractivity contribution is 5.09. The van der Waals surface area contributed by atoms with Crippen molar-refractivity contribution in [3.8, 4) is 0 Å². The van der Waals surface area contributed by atoms with Crippen LogP contribution in [0.4, 0.5) is 0 Å². The summed E-state index contributed by atoms with van der Waals surface area (Å²) in [6, 6.07) is 0. The van der Waals surface area contributed by atoms with Crippen molar-refractivity contribution in [1.82, 2.24) is 0 Å². The summed E-state index contributed by atoms with van der Waals surface area (Å²) >= 11 is 0. The minimum absolute atomic E-state index is 0.708. The summed E-state index contributed by atoms with van der Waals surface area (Å²) in [5.74, 6) is 0.708. The maximum absolute atomic E-state index is 5.19. The molecule has 1 rings (SSSR count). The zero-order valence-electron chi connectivity index (χ0n) is 8.13. The van der Waals surface area contributed by atoms with Crippen molar-refractivity contribution in [2.45, 2.75) is 32.1 Å². The van der Waals surface area contributed by atoms with E-state index in [-0.39, 0.29) is 0 Å². The zero-order chi connectivity index (χ0) is 9.52. The third-order valence-corrected chi connectivity index (χ3v) is 2.62. The predicted molar refractivity (Wildman–Crippen MR) is 57.2 cm³/mol. The number of hydrogen-bond donors (Lipinski definition) is 0. The van der Waals surface area contributed by atoms with Crippen LogP contribution in [0.5, 0.6) is 0 Å². The SMILES string of the molecule is [CH]=C=CCC1=CCCC(C=C)CC1. The summed E-state index contributed by atoms with van der Waals surface area (Å²) in [6.45, 7) is 9.04. The molecule has 0 heteroatoms. The summed E-state index contributed by atoms with van der Waals surface area (Å²) in [7, 11) is 0. The first-order valence-corrected chi connectivity index (χ1v) is 4.95. The van der Waals surface area contributed by atoms with Gasteiger partial charge in [-0.3, -0.25) is 0 Å². The van der Waals surface area contributed by atoms with E-state index in [0.29, 0.717) is 5.92 Å². The number of rotatable bonds is 3. The molecule has 0 amide bonds. The van der Waals surface area contributed by atoms with Gasteiger partial charge in [0.1, 0.15) is 0 Å². The van der Waals surface area contributed by atoms with Crippen molar-refractivity contribution in [2.75, 3.05) is 0 Å². The summed E-state index contributed by atoms with van der Waals surface area (Å²) in [4.78, 5) is 0. The van der Waals surface area contributed by atoms with Crippen molar-refractivity contribution in [3.63, 3.8) is 0 Å². The smallest absolute Gasteiger partial charge is 0.00626 e. The van der Waals surface area contributed by atoms with Crippen LogP contribution < -0.4 is 0 Å². The first-order valence-electron chi connectivity index (χ1n) is 4.95. The topological polar surface area (TPSA) is 0 Å². The molecule has 69 valence electrons. The third kappa shape index (κ3) is 3.48. The summed E-state index contributed by atoms with van der Waals surface area (Å²) < 4.78 is 0. The Balaban J connectivity index is 2.45. The maximum Gasteiger partial charge on any atom is -0.00626 e. The fourth-order valence-corrected chi connectivity index (χ4v) is 1.73. The Morgan fingerprint density at radius 2 is 2.46 bits per heavy atom. The number of allylic oxidation sites excluding steroid dienone is 4. The van der Waals surface area contributed by atoms with E-state index >= 15 is 0 Å². The molecule has 0 spiro atoms. The second-order valence-corrected chi connectivity index (χ2v) is 3.55. The molecular formula is C13H17. The molecule has 13 heavy (non-hydrogen) atoms. The summed E-state index contributed by atoms with van der Waals surface area (Å²) in [5, 5.41) is 0. The molecule has 1 aliphatic carbocycles. The Morgan fingerprint density at radius 3 is 3.15 bits per heavy atom. The van der Waals surface area contributed by atoms with Gasteiger partial charge in [-0.15, -0.1) is 12.3 Å². The number of hydrogen-bond acceptors (Lipinski definition) is 0. The Kier molecular flexibility index (Phi) is 4.35. The highest BCUT2D eigenvalue weighted by atomic mass is 14.1. The van der Waals surface area contributed by atoms with E-state index < -0.39 is 0 Å². The fourth-order valence-electron chi connectivity index (χ4n) is 1.73. The lowest BCUT2D eigenvalue weighted by Crippen LogP contribution is -1.92. The van der Waals surface area contributed by atoms with Gasteiger partial charge in [0.2, 0.25) is 0 Å². The van der Waals surface area contributed by atoms with E-state index in [4.69, 9.17) is 6.58 Å². The van der Waals surface area contributed by atoms with Crippen molar-refractivity contribution in [1.29, 1.82) is 0 Å². The fraction of sp³-hybridized carbons (Fsp3) is 0.462. The van der Waals surface area contributed by atoms with Gasteiger partial charge >= 0.3 is 0 Å². The quantitative estimate of drug-likeness (QED) is 0.449. The van der Waals surface area contributed by atoms with Crippen LogP contribution in [0.15, 0.2) is 36.1 Å². The van der Waals surface area contributed by atoms with E-state index in [0.717, 1.165) is 6.42 Å². The standard InChI is InChI=1S/C13H17/c1-3-5-7-13-9-6-8-12(4-2)10-11-13/h1,4-5,9,12H,2,6-8,10-11H2. The molecule has 1 atom stereocenters. The van der Waals surface area contributed by atoms with Crippen LogP contribution in [0.25, 0.3) is 0 Å². The van der Waals surface area contributed by atoms with Crippen LogP contribution in [-0.4, -0.2) is 0 Å². The van der Waals surface area contributed by atoms with Gasteiger partial charge < -0.3 is 0 Å².